The molecule has 3 aromatic carbocycles. The third-order valence-electron chi connectivity index (χ3n) is 5.15. The van der Waals surface area contributed by atoms with E-state index in [1.165, 1.54) is 23.5 Å². The Morgan fingerprint density at radius 1 is 0.906 bits per heavy atom. The zero-order valence-electron chi connectivity index (χ0n) is 17.6. The zero-order chi connectivity index (χ0) is 22.7. The first-order chi connectivity index (χ1) is 15.4. The smallest absolute Gasteiger partial charge is 0.238 e. The summed E-state index contributed by atoms with van der Waals surface area (Å²) in [6, 6.07) is 21.3. The molecule has 0 radical (unpaired) electrons. The molecule has 0 aliphatic heterocycles. The van der Waals surface area contributed by atoms with E-state index in [2.05, 4.69) is 6.92 Å². The van der Waals surface area contributed by atoms with E-state index in [9.17, 15) is 13.2 Å². The molecule has 0 unspecified atom stereocenters. The molecule has 0 aliphatic rings. The van der Waals surface area contributed by atoms with Gasteiger partial charge in [0.15, 0.2) is 5.43 Å². The van der Waals surface area contributed by atoms with Crippen molar-refractivity contribution < 1.29 is 13.2 Å². The number of rotatable bonds is 7. The van der Waals surface area contributed by atoms with Gasteiger partial charge in [-0.1, -0.05) is 49.7 Å². The summed E-state index contributed by atoms with van der Waals surface area (Å²) in [4.78, 5) is 14.3. The molecule has 4 aromatic rings. The lowest BCUT2D eigenvalue weighted by Gasteiger charge is -2.12. The van der Waals surface area contributed by atoms with E-state index in [4.69, 9.17) is 9.88 Å². The Kier molecular flexibility index (Phi) is 6.41. The normalized spacial score (nSPS) is 11.6. The number of ether oxygens (including phenoxy) is 1. The molecule has 7 heteroatoms. The lowest BCUT2D eigenvalue weighted by Crippen LogP contribution is -2.11. The minimum absolute atomic E-state index is 0.0320. The minimum atomic E-state index is -3.79. The van der Waals surface area contributed by atoms with Crippen molar-refractivity contribution in [2.24, 2.45) is 5.14 Å². The van der Waals surface area contributed by atoms with Crippen molar-refractivity contribution in [1.82, 2.24) is 0 Å². The van der Waals surface area contributed by atoms with Crippen LogP contribution in [0.25, 0.3) is 31.7 Å². The Labute approximate surface area is 191 Å². The predicted molar refractivity (Wildman–Crippen MR) is 131 cm³/mol. The van der Waals surface area contributed by atoms with Crippen LogP contribution in [0.15, 0.2) is 82.5 Å². The van der Waals surface area contributed by atoms with Crippen LogP contribution < -0.4 is 15.3 Å². The van der Waals surface area contributed by atoms with Gasteiger partial charge in [0.2, 0.25) is 10.0 Å². The van der Waals surface area contributed by atoms with Gasteiger partial charge in [0.05, 0.1) is 11.5 Å². The fourth-order valence-corrected chi connectivity index (χ4v) is 5.17. The number of sulfonamides is 1. The Morgan fingerprint density at radius 2 is 1.56 bits per heavy atom. The van der Waals surface area contributed by atoms with Crippen molar-refractivity contribution in [2.45, 2.75) is 24.7 Å². The van der Waals surface area contributed by atoms with Crippen LogP contribution in [-0.4, -0.2) is 15.0 Å². The fraction of sp³-hybridized carbons (Fsp3) is 0.160. The highest BCUT2D eigenvalue weighted by Crippen LogP contribution is 2.37. The van der Waals surface area contributed by atoms with E-state index in [0.29, 0.717) is 17.6 Å². The van der Waals surface area contributed by atoms with Gasteiger partial charge in [-0.05, 0) is 53.9 Å². The molecule has 0 spiro atoms. The lowest BCUT2D eigenvalue weighted by molar-refractivity contribution is 0.309. The number of primary sulfonamides is 1. The summed E-state index contributed by atoms with van der Waals surface area (Å²) in [6.07, 6.45) is 2.04. The minimum Gasteiger partial charge on any atom is -0.494 e. The first kappa shape index (κ1) is 22.2. The first-order valence-electron chi connectivity index (χ1n) is 10.3. The van der Waals surface area contributed by atoms with Crippen LogP contribution >= 0.6 is 11.3 Å². The highest BCUT2D eigenvalue weighted by atomic mass is 32.2. The quantitative estimate of drug-likeness (QED) is 0.369. The molecule has 0 atom stereocenters. The Bertz CT molecular complexity index is 1410. The molecule has 0 bridgehead atoms. The van der Waals surface area contributed by atoms with Crippen molar-refractivity contribution in [2.75, 3.05) is 6.61 Å². The lowest BCUT2D eigenvalue weighted by atomic mass is 10.0. The Morgan fingerprint density at radius 3 is 2.22 bits per heavy atom. The molecule has 4 rings (SSSR count). The van der Waals surface area contributed by atoms with Crippen LogP contribution in [0.2, 0.25) is 0 Å². The topological polar surface area (TPSA) is 86.5 Å². The van der Waals surface area contributed by atoms with Gasteiger partial charge in [0.1, 0.15) is 5.75 Å². The average molecular weight is 466 g/mol. The molecule has 1 heterocycles. The largest absolute Gasteiger partial charge is 0.494 e. The van der Waals surface area contributed by atoms with E-state index in [0.717, 1.165) is 39.3 Å². The highest BCUT2D eigenvalue weighted by Gasteiger charge is 2.17. The van der Waals surface area contributed by atoms with Gasteiger partial charge in [-0.3, -0.25) is 4.79 Å². The molecule has 5 nitrogen and oxygen atoms in total. The van der Waals surface area contributed by atoms with Crippen LogP contribution in [0.1, 0.15) is 19.8 Å². The molecule has 2 N–H and O–H groups in total. The van der Waals surface area contributed by atoms with Crippen LogP contribution in [-0.2, 0) is 10.0 Å². The molecule has 164 valence electrons. The van der Waals surface area contributed by atoms with Crippen molar-refractivity contribution in [1.29, 1.82) is 0 Å². The SMILES string of the molecule is CCCCOc1ccc(-c2c(-c3ccc(S(N)(=O)=O)cc3)sc3ccccc3c2=O)cc1. The molecule has 0 aliphatic carbocycles. The summed E-state index contributed by atoms with van der Waals surface area (Å²) in [5.74, 6) is 0.762. The Balaban J connectivity index is 1.86. The van der Waals surface area contributed by atoms with Crippen molar-refractivity contribution >= 4 is 31.4 Å². The number of benzene rings is 3. The number of unbranched alkanes of at least 4 members (excludes halogenated alkanes) is 1. The maximum absolute atomic E-state index is 13.5. The van der Waals surface area contributed by atoms with Crippen LogP contribution in [0.5, 0.6) is 5.75 Å². The van der Waals surface area contributed by atoms with E-state index >= 15 is 0 Å². The van der Waals surface area contributed by atoms with Crippen LogP contribution in [0, 0.1) is 0 Å². The zero-order valence-corrected chi connectivity index (χ0v) is 19.2. The van der Waals surface area contributed by atoms with Gasteiger partial charge in [-0.25, -0.2) is 13.6 Å². The summed E-state index contributed by atoms with van der Waals surface area (Å²) in [6.45, 7) is 2.77. The fourth-order valence-electron chi connectivity index (χ4n) is 3.46. The van der Waals surface area contributed by atoms with E-state index in [1.54, 1.807) is 12.1 Å². The van der Waals surface area contributed by atoms with Gasteiger partial charge >= 0.3 is 0 Å². The molecular weight excluding hydrogens is 442 g/mol. The van der Waals surface area contributed by atoms with Crippen molar-refractivity contribution in [3.63, 3.8) is 0 Å². The number of hydrogen-bond donors (Lipinski definition) is 1. The second kappa shape index (κ2) is 9.24. The molecule has 0 amide bonds. The summed E-state index contributed by atoms with van der Waals surface area (Å²) >= 11 is 1.50. The summed E-state index contributed by atoms with van der Waals surface area (Å²) in [5, 5.41) is 5.89. The standard InChI is InChI=1S/C25H23NO4S2/c1-2-3-16-30-19-12-8-17(9-13-19)23-24(27)21-6-4-5-7-22(21)31-25(23)18-10-14-20(15-11-18)32(26,28)29/h4-15H,2-3,16H2,1H3,(H2,26,28,29). The van der Waals surface area contributed by atoms with Gasteiger partial charge in [-0.15, -0.1) is 11.3 Å². The molecule has 0 saturated carbocycles. The maximum Gasteiger partial charge on any atom is 0.238 e. The monoisotopic (exact) mass is 465 g/mol. The van der Waals surface area contributed by atoms with Crippen molar-refractivity contribution in [3.05, 3.63) is 83.0 Å². The molecular formula is C25H23NO4S2. The first-order valence-corrected chi connectivity index (χ1v) is 12.7. The second-order valence-corrected chi connectivity index (χ2v) is 10.0. The Hall–Kier alpha value is -3.00. The van der Waals surface area contributed by atoms with E-state index < -0.39 is 10.0 Å². The second-order valence-electron chi connectivity index (χ2n) is 7.43. The molecule has 0 fully saturated rings. The van der Waals surface area contributed by atoms with Gasteiger partial charge < -0.3 is 4.74 Å². The van der Waals surface area contributed by atoms with Crippen LogP contribution in [0.4, 0.5) is 0 Å². The van der Waals surface area contributed by atoms with Crippen molar-refractivity contribution in [3.8, 4) is 27.3 Å². The van der Waals surface area contributed by atoms with Crippen LogP contribution in [0.3, 0.4) is 0 Å². The third kappa shape index (κ3) is 4.60. The van der Waals surface area contributed by atoms with Gasteiger partial charge in [-0.2, -0.15) is 0 Å². The van der Waals surface area contributed by atoms with E-state index in [-0.39, 0.29) is 10.3 Å². The summed E-state index contributed by atoms with van der Waals surface area (Å²) in [7, 11) is -3.79. The predicted octanol–water partition coefficient (Wildman–Crippen LogP) is 5.42. The number of fused-ring (bicyclic) bond motifs is 1. The molecule has 0 saturated heterocycles. The molecule has 32 heavy (non-hydrogen) atoms. The van der Waals surface area contributed by atoms with E-state index in [1.807, 2.05) is 48.5 Å². The summed E-state index contributed by atoms with van der Waals surface area (Å²) in [5.41, 5.74) is 2.05. The number of hydrogen-bond acceptors (Lipinski definition) is 5. The van der Waals surface area contributed by atoms with Gasteiger partial charge in [0.25, 0.3) is 0 Å². The average Bonchev–Trinajstić information content (AvgIpc) is 2.79. The maximum atomic E-state index is 13.5. The highest BCUT2D eigenvalue weighted by molar-refractivity contribution is 7.89. The van der Waals surface area contributed by atoms with Gasteiger partial charge in [0, 0.05) is 20.5 Å². The number of nitrogens with two attached hydrogens (primary N) is 1. The molecule has 1 aromatic heterocycles. The summed E-state index contributed by atoms with van der Waals surface area (Å²) < 4.78 is 29.9. The third-order valence-corrected chi connectivity index (χ3v) is 7.30.